The molecule has 2 aromatic rings. The van der Waals surface area contributed by atoms with Crippen molar-refractivity contribution in [2.24, 2.45) is 10.2 Å². The van der Waals surface area contributed by atoms with E-state index in [4.69, 9.17) is 10.00 Å². The van der Waals surface area contributed by atoms with E-state index < -0.39 is 0 Å². The van der Waals surface area contributed by atoms with E-state index in [1.807, 2.05) is 38.1 Å². The highest BCUT2D eigenvalue weighted by molar-refractivity contribution is 7.10. The van der Waals surface area contributed by atoms with Crippen LogP contribution in [-0.4, -0.2) is 29.5 Å². The lowest BCUT2D eigenvalue weighted by atomic mass is 10.2. The fourth-order valence-electron chi connectivity index (χ4n) is 2.45. The van der Waals surface area contributed by atoms with Gasteiger partial charge in [0, 0.05) is 19.2 Å². The highest BCUT2D eigenvalue weighted by Crippen LogP contribution is 2.29. The molecule has 1 aromatic carbocycles. The summed E-state index contributed by atoms with van der Waals surface area (Å²) in [5.41, 5.74) is 2.83. The molecule has 26 heavy (non-hydrogen) atoms. The molecule has 0 fully saturated rings. The molecule has 1 atom stereocenters. The third-order valence-corrected chi connectivity index (χ3v) is 4.62. The number of carbonyl (C=O) groups is 1. The number of carbonyl (C=O) groups excluding carboxylic acids is 1. The summed E-state index contributed by atoms with van der Waals surface area (Å²) >= 11 is 1.16. The van der Waals surface area contributed by atoms with E-state index in [1.165, 1.54) is 6.92 Å². The van der Waals surface area contributed by atoms with Gasteiger partial charge < -0.3 is 9.64 Å². The predicted molar refractivity (Wildman–Crippen MR) is 101 cm³/mol. The summed E-state index contributed by atoms with van der Waals surface area (Å²) in [6.45, 7) is 8.37. The van der Waals surface area contributed by atoms with Gasteiger partial charge in [-0.3, -0.25) is 4.79 Å². The van der Waals surface area contributed by atoms with E-state index in [-0.39, 0.29) is 12.0 Å². The van der Waals surface area contributed by atoms with E-state index in [2.05, 4.69) is 25.6 Å². The van der Waals surface area contributed by atoms with Crippen LogP contribution in [-0.2, 0) is 9.53 Å². The number of ether oxygens (including phenoxy) is 1. The normalized spacial score (nSPS) is 12.0. The van der Waals surface area contributed by atoms with Crippen molar-refractivity contribution < 1.29 is 9.53 Å². The molecule has 1 aromatic heterocycles. The second-order valence-corrected chi connectivity index (χ2v) is 6.47. The molecule has 0 aliphatic carbocycles. The van der Waals surface area contributed by atoms with Crippen LogP contribution in [0.5, 0.6) is 0 Å². The van der Waals surface area contributed by atoms with Crippen molar-refractivity contribution in [1.82, 2.24) is 4.37 Å². The summed E-state index contributed by atoms with van der Waals surface area (Å²) < 4.78 is 9.22. The minimum Gasteiger partial charge on any atom is -0.464 e. The number of benzene rings is 1. The van der Waals surface area contributed by atoms with Gasteiger partial charge in [-0.2, -0.15) is 9.64 Å². The number of anilines is 1. The smallest absolute Gasteiger partial charge is 0.302 e. The summed E-state index contributed by atoms with van der Waals surface area (Å²) in [6.07, 6.45) is 0. The number of azo groups is 1. The molecular weight excluding hydrogens is 350 g/mol. The van der Waals surface area contributed by atoms with E-state index in [0.29, 0.717) is 28.6 Å². The Morgan fingerprint density at radius 1 is 1.38 bits per heavy atom. The molecule has 0 radical (unpaired) electrons. The maximum atomic E-state index is 11.0. The number of aromatic nitrogens is 1. The van der Waals surface area contributed by atoms with Crippen LogP contribution >= 0.6 is 11.5 Å². The van der Waals surface area contributed by atoms with Crippen LogP contribution in [0.25, 0.3) is 0 Å². The van der Waals surface area contributed by atoms with Crippen molar-refractivity contribution in [2.75, 3.05) is 18.1 Å². The lowest BCUT2D eigenvalue weighted by Gasteiger charge is -2.29. The Kier molecular flexibility index (Phi) is 6.81. The summed E-state index contributed by atoms with van der Waals surface area (Å²) in [6, 6.07) is 9.78. The van der Waals surface area contributed by atoms with Gasteiger partial charge in [-0.25, -0.2) is 0 Å². The Morgan fingerprint density at radius 3 is 2.65 bits per heavy atom. The van der Waals surface area contributed by atoms with Crippen LogP contribution in [0.2, 0.25) is 0 Å². The molecule has 1 unspecified atom stereocenters. The van der Waals surface area contributed by atoms with Gasteiger partial charge >= 0.3 is 5.97 Å². The number of nitriles is 1. The Bertz CT molecular complexity index is 823. The summed E-state index contributed by atoms with van der Waals surface area (Å²) in [5.74, 6) is -0.279. The standard InChI is InChI=1S/C18H21N5O2S/c1-5-23(12(2)11-25-14(4)24)16-8-6-15(7-9-16)20-21-18-17(10-19)13(3)22-26-18/h6-9,12H,5,11H2,1-4H3. The average molecular weight is 371 g/mol. The topological polar surface area (TPSA) is 90.9 Å². The summed E-state index contributed by atoms with van der Waals surface area (Å²) in [7, 11) is 0. The molecule has 136 valence electrons. The zero-order valence-electron chi connectivity index (χ0n) is 15.3. The second kappa shape index (κ2) is 9.06. The zero-order chi connectivity index (χ0) is 19.1. The molecular formula is C18H21N5O2S. The van der Waals surface area contributed by atoms with E-state index >= 15 is 0 Å². The Balaban J connectivity index is 2.10. The monoisotopic (exact) mass is 371 g/mol. The number of esters is 1. The molecule has 0 saturated heterocycles. The van der Waals surface area contributed by atoms with Gasteiger partial charge in [0.05, 0.1) is 17.4 Å². The van der Waals surface area contributed by atoms with Gasteiger partial charge in [-0.1, -0.05) is 0 Å². The maximum Gasteiger partial charge on any atom is 0.302 e. The van der Waals surface area contributed by atoms with Gasteiger partial charge in [0.25, 0.3) is 0 Å². The molecule has 0 N–H and O–H groups in total. The first-order valence-electron chi connectivity index (χ1n) is 8.24. The average Bonchev–Trinajstić information content (AvgIpc) is 2.99. The molecule has 2 rings (SSSR count). The van der Waals surface area contributed by atoms with Crippen LogP contribution in [0.15, 0.2) is 34.5 Å². The Labute approximate surface area is 157 Å². The predicted octanol–water partition coefficient (Wildman–Crippen LogP) is 4.52. The zero-order valence-corrected chi connectivity index (χ0v) is 16.1. The second-order valence-electron chi connectivity index (χ2n) is 5.71. The van der Waals surface area contributed by atoms with E-state index in [9.17, 15) is 4.79 Å². The first-order chi connectivity index (χ1) is 12.5. The third kappa shape index (κ3) is 4.86. The number of likely N-dealkylation sites (N-methyl/N-ethyl adjacent to an activating group) is 1. The van der Waals surface area contributed by atoms with Gasteiger partial charge in [-0.05, 0) is 56.6 Å². The molecule has 0 spiro atoms. The van der Waals surface area contributed by atoms with Crippen molar-refractivity contribution in [2.45, 2.75) is 33.7 Å². The van der Waals surface area contributed by atoms with Crippen LogP contribution in [0.4, 0.5) is 16.4 Å². The van der Waals surface area contributed by atoms with Crippen molar-refractivity contribution >= 4 is 33.9 Å². The Morgan fingerprint density at radius 2 is 2.08 bits per heavy atom. The van der Waals surface area contributed by atoms with Crippen LogP contribution < -0.4 is 4.90 Å². The molecule has 8 heteroatoms. The number of hydrogen-bond acceptors (Lipinski definition) is 8. The Hall–Kier alpha value is -2.79. The molecule has 7 nitrogen and oxygen atoms in total. The molecule has 0 aliphatic heterocycles. The maximum absolute atomic E-state index is 11.0. The fraction of sp³-hybridized carbons (Fsp3) is 0.389. The lowest BCUT2D eigenvalue weighted by molar-refractivity contribution is -0.141. The van der Waals surface area contributed by atoms with Crippen LogP contribution in [0.3, 0.4) is 0 Å². The highest BCUT2D eigenvalue weighted by Gasteiger charge is 2.14. The van der Waals surface area contributed by atoms with Crippen molar-refractivity contribution in [3.63, 3.8) is 0 Å². The van der Waals surface area contributed by atoms with Crippen molar-refractivity contribution in [3.05, 3.63) is 35.5 Å². The fourth-order valence-corrected chi connectivity index (χ4v) is 3.12. The minimum absolute atomic E-state index is 0.0646. The van der Waals surface area contributed by atoms with Crippen molar-refractivity contribution in [1.29, 1.82) is 5.26 Å². The van der Waals surface area contributed by atoms with E-state index in [1.54, 1.807) is 6.92 Å². The molecule has 0 aliphatic rings. The summed E-state index contributed by atoms with van der Waals surface area (Å²) in [5, 5.41) is 18.0. The molecule has 0 bridgehead atoms. The largest absolute Gasteiger partial charge is 0.464 e. The van der Waals surface area contributed by atoms with Gasteiger partial charge in [0.2, 0.25) is 0 Å². The van der Waals surface area contributed by atoms with Crippen molar-refractivity contribution in [3.8, 4) is 6.07 Å². The first kappa shape index (κ1) is 19.5. The minimum atomic E-state index is -0.279. The summed E-state index contributed by atoms with van der Waals surface area (Å²) in [4.78, 5) is 13.1. The quantitative estimate of drug-likeness (QED) is 0.527. The van der Waals surface area contributed by atoms with Crippen LogP contribution in [0.1, 0.15) is 32.0 Å². The number of rotatable bonds is 7. The highest BCUT2D eigenvalue weighted by atomic mass is 32.1. The SMILES string of the molecule is CCN(c1ccc(N=Nc2snc(C)c2C#N)cc1)C(C)COC(C)=O. The number of nitrogens with zero attached hydrogens (tertiary/aromatic N) is 5. The first-order valence-corrected chi connectivity index (χ1v) is 9.01. The number of hydrogen-bond donors (Lipinski definition) is 0. The van der Waals surface area contributed by atoms with E-state index in [0.717, 1.165) is 23.8 Å². The third-order valence-electron chi connectivity index (χ3n) is 3.79. The molecule has 0 saturated carbocycles. The van der Waals surface area contributed by atoms with Gasteiger partial charge in [0.15, 0.2) is 5.00 Å². The molecule has 1 heterocycles. The number of aryl methyl sites for hydroxylation is 1. The lowest BCUT2D eigenvalue weighted by Crippen LogP contribution is -2.36. The van der Waals surface area contributed by atoms with Gasteiger partial charge in [-0.15, -0.1) is 10.2 Å². The molecule has 0 amide bonds. The van der Waals surface area contributed by atoms with Gasteiger partial charge in [0.1, 0.15) is 18.2 Å². The van der Waals surface area contributed by atoms with Crippen LogP contribution in [0, 0.1) is 18.3 Å².